The molecule has 7 nitrogen and oxygen atoms in total. The van der Waals surface area contributed by atoms with Gasteiger partial charge >= 0.3 is 0 Å². The third kappa shape index (κ3) is 2.40. The molecule has 1 aliphatic rings. The number of likely N-dealkylation sites (tertiary alicyclic amines) is 1. The third-order valence-electron chi connectivity index (χ3n) is 3.89. The molecule has 0 spiro atoms. The molecule has 108 valence electrons. The highest BCUT2D eigenvalue weighted by atomic mass is 16.2. The molecule has 0 saturated carbocycles. The fraction of sp³-hybridized carbons (Fsp3) is 0.429. The van der Waals surface area contributed by atoms with Gasteiger partial charge in [0.05, 0.1) is 17.8 Å². The maximum Gasteiger partial charge on any atom is 0.274 e. The second-order valence-electron chi connectivity index (χ2n) is 5.31. The van der Waals surface area contributed by atoms with Gasteiger partial charge in [-0.25, -0.2) is 0 Å². The number of aromatic nitrogens is 4. The van der Waals surface area contributed by atoms with Crippen LogP contribution in [-0.2, 0) is 7.05 Å². The lowest BCUT2D eigenvalue weighted by Gasteiger charge is -2.15. The number of hydrogen-bond donors (Lipinski definition) is 0. The van der Waals surface area contributed by atoms with Gasteiger partial charge in [0.15, 0.2) is 5.69 Å². The Bertz CT molecular complexity index is 703. The van der Waals surface area contributed by atoms with E-state index in [9.17, 15) is 4.79 Å². The van der Waals surface area contributed by atoms with Gasteiger partial charge in [0.25, 0.3) is 5.91 Å². The normalized spacial score (nSPS) is 18.0. The average molecular weight is 284 g/mol. The second-order valence-corrected chi connectivity index (χ2v) is 5.31. The van der Waals surface area contributed by atoms with Crippen LogP contribution in [0.1, 0.15) is 34.2 Å². The highest BCUT2D eigenvalue weighted by molar-refractivity contribution is 5.92. The van der Waals surface area contributed by atoms with E-state index in [0.717, 1.165) is 12.1 Å². The van der Waals surface area contributed by atoms with Gasteiger partial charge in [-0.1, -0.05) is 0 Å². The SMILES string of the molecule is Cc1cc(C(=O)N2CCC(n3cc(C#N)cn3)C2)nn1C. The van der Waals surface area contributed by atoms with E-state index in [0.29, 0.717) is 24.3 Å². The molecule has 0 aromatic carbocycles. The summed E-state index contributed by atoms with van der Waals surface area (Å²) in [5.74, 6) is -0.0473. The Kier molecular flexibility index (Phi) is 3.22. The Labute approximate surface area is 122 Å². The smallest absolute Gasteiger partial charge is 0.274 e. The summed E-state index contributed by atoms with van der Waals surface area (Å²) in [6, 6.07) is 3.99. The summed E-state index contributed by atoms with van der Waals surface area (Å²) in [6.45, 7) is 3.20. The molecule has 1 unspecified atom stereocenters. The van der Waals surface area contributed by atoms with Gasteiger partial charge in [0, 0.05) is 32.0 Å². The number of nitriles is 1. The minimum absolute atomic E-state index is 0.0473. The van der Waals surface area contributed by atoms with Crippen LogP contribution in [0.25, 0.3) is 0 Å². The number of carbonyl (C=O) groups excluding carboxylic acids is 1. The molecule has 21 heavy (non-hydrogen) atoms. The molecule has 0 N–H and O–H groups in total. The van der Waals surface area contributed by atoms with Crippen molar-refractivity contribution in [3.05, 3.63) is 35.4 Å². The van der Waals surface area contributed by atoms with Crippen molar-refractivity contribution in [3.8, 4) is 6.07 Å². The molecule has 2 aromatic rings. The predicted octanol–water partition coefficient (Wildman–Crippen LogP) is 0.884. The van der Waals surface area contributed by atoms with Crippen LogP contribution in [0, 0.1) is 18.3 Å². The van der Waals surface area contributed by atoms with Gasteiger partial charge in [-0.05, 0) is 19.4 Å². The van der Waals surface area contributed by atoms with Crippen LogP contribution in [0.5, 0.6) is 0 Å². The topological polar surface area (TPSA) is 79.7 Å². The number of carbonyl (C=O) groups is 1. The molecule has 0 radical (unpaired) electrons. The van der Waals surface area contributed by atoms with Crippen LogP contribution in [-0.4, -0.2) is 43.5 Å². The van der Waals surface area contributed by atoms with Crippen LogP contribution in [0.2, 0.25) is 0 Å². The highest BCUT2D eigenvalue weighted by Crippen LogP contribution is 2.22. The Morgan fingerprint density at radius 3 is 2.95 bits per heavy atom. The van der Waals surface area contributed by atoms with Crippen molar-refractivity contribution in [2.24, 2.45) is 7.05 Å². The first kappa shape index (κ1) is 13.4. The lowest BCUT2D eigenvalue weighted by Crippen LogP contribution is -2.29. The molecule has 0 bridgehead atoms. The minimum Gasteiger partial charge on any atom is -0.335 e. The summed E-state index contributed by atoms with van der Waals surface area (Å²) in [5.41, 5.74) is 1.98. The van der Waals surface area contributed by atoms with Gasteiger partial charge in [-0.3, -0.25) is 14.2 Å². The van der Waals surface area contributed by atoms with Gasteiger partial charge < -0.3 is 4.90 Å². The minimum atomic E-state index is -0.0473. The number of aryl methyl sites for hydroxylation is 2. The molecular formula is C14H16N6O. The maximum atomic E-state index is 12.4. The van der Waals surface area contributed by atoms with Crippen molar-refractivity contribution in [1.82, 2.24) is 24.5 Å². The summed E-state index contributed by atoms with van der Waals surface area (Å²) in [6.07, 6.45) is 4.11. The molecule has 1 atom stereocenters. The quantitative estimate of drug-likeness (QED) is 0.820. The van der Waals surface area contributed by atoms with E-state index in [1.807, 2.05) is 14.0 Å². The summed E-state index contributed by atoms with van der Waals surface area (Å²) in [5, 5.41) is 17.3. The van der Waals surface area contributed by atoms with E-state index in [1.54, 1.807) is 32.7 Å². The maximum absolute atomic E-state index is 12.4. The molecule has 1 fully saturated rings. The first-order valence-electron chi connectivity index (χ1n) is 6.82. The number of amides is 1. The van der Waals surface area contributed by atoms with Gasteiger partial charge in [-0.15, -0.1) is 0 Å². The van der Waals surface area contributed by atoms with Crippen LogP contribution in [0.3, 0.4) is 0 Å². The van der Waals surface area contributed by atoms with Crippen molar-refractivity contribution >= 4 is 5.91 Å². The van der Waals surface area contributed by atoms with Crippen molar-refractivity contribution in [2.45, 2.75) is 19.4 Å². The van der Waals surface area contributed by atoms with Crippen molar-refractivity contribution < 1.29 is 4.79 Å². The Morgan fingerprint density at radius 1 is 1.52 bits per heavy atom. The third-order valence-corrected chi connectivity index (χ3v) is 3.89. The molecule has 1 amide bonds. The first-order chi connectivity index (χ1) is 10.1. The molecule has 2 aromatic heterocycles. The molecular weight excluding hydrogens is 268 g/mol. The predicted molar refractivity (Wildman–Crippen MR) is 74.4 cm³/mol. The summed E-state index contributed by atoms with van der Waals surface area (Å²) < 4.78 is 3.48. The van der Waals surface area contributed by atoms with Crippen LogP contribution in [0.4, 0.5) is 0 Å². The fourth-order valence-corrected chi connectivity index (χ4v) is 2.56. The number of rotatable bonds is 2. The first-order valence-corrected chi connectivity index (χ1v) is 6.82. The standard InChI is InChI=1S/C14H16N6O/c1-10-5-13(17-18(10)2)14(21)19-4-3-12(9-19)20-8-11(6-15)7-16-20/h5,7-8,12H,3-4,9H2,1-2H3. The Balaban J connectivity index is 1.72. The average Bonchev–Trinajstić information content (AvgIpc) is 3.18. The number of nitrogens with zero attached hydrogens (tertiary/aromatic N) is 6. The van der Waals surface area contributed by atoms with Crippen LogP contribution < -0.4 is 0 Å². The van der Waals surface area contributed by atoms with E-state index in [2.05, 4.69) is 16.3 Å². The van der Waals surface area contributed by atoms with Crippen molar-refractivity contribution in [1.29, 1.82) is 5.26 Å². The Hall–Kier alpha value is -2.62. The zero-order chi connectivity index (χ0) is 15.0. The van der Waals surface area contributed by atoms with Gasteiger partial charge in [0.1, 0.15) is 6.07 Å². The largest absolute Gasteiger partial charge is 0.335 e. The molecule has 1 saturated heterocycles. The van der Waals surface area contributed by atoms with Crippen LogP contribution >= 0.6 is 0 Å². The lowest BCUT2D eigenvalue weighted by molar-refractivity contribution is 0.0780. The van der Waals surface area contributed by atoms with Crippen molar-refractivity contribution in [3.63, 3.8) is 0 Å². The molecule has 1 aliphatic heterocycles. The second kappa shape index (κ2) is 5.05. The fourth-order valence-electron chi connectivity index (χ4n) is 2.56. The molecule has 7 heteroatoms. The monoisotopic (exact) mass is 284 g/mol. The van der Waals surface area contributed by atoms with E-state index in [-0.39, 0.29) is 11.9 Å². The summed E-state index contributed by atoms with van der Waals surface area (Å²) in [7, 11) is 1.83. The molecule has 0 aliphatic carbocycles. The van der Waals surface area contributed by atoms with Crippen LogP contribution in [0.15, 0.2) is 18.5 Å². The molecule has 3 rings (SSSR count). The summed E-state index contributed by atoms with van der Waals surface area (Å²) in [4.78, 5) is 14.2. The van der Waals surface area contributed by atoms with E-state index in [1.165, 1.54) is 0 Å². The van der Waals surface area contributed by atoms with Gasteiger partial charge in [0.2, 0.25) is 0 Å². The van der Waals surface area contributed by atoms with Crippen molar-refractivity contribution in [2.75, 3.05) is 13.1 Å². The number of hydrogen-bond acceptors (Lipinski definition) is 4. The summed E-state index contributed by atoms with van der Waals surface area (Å²) >= 11 is 0. The van der Waals surface area contributed by atoms with Gasteiger partial charge in [-0.2, -0.15) is 15.5 Å². The zero-order valence-electron chi connectivity index (χ0n) is 12.0. The van der Waals surface area contributed by atoms with E-state index >= 15 is 0 Å². The van der Waals surface area contributed by atoms with E-state index in [4.69, 9.17) is 5.26 Å². The van der Waals surface area contributed by atoms with E-state index < -0.39 is 0 Å². The lowest BCUT2D eigenvalue weighted by atomic mass is 10.3. The highest BCUT2D eigenvalue weighted by Gasteiger charge is 2.29. The Morgan fingerprint density at radius 2 is 2.33 bits per heavy atom. The zero-order valence-corrected chi connectivity index (χ0v) is 12.0. The molecule has 3 heterocycles.